The van der Waals surface area contributed by atoms with Gasteiger partial charge in [0.05, 0.1) is 0 Å². The van der Waals surface area contributed by atoms with Crippen molar-refractivity contribution in [3.8, 4) is 0 Å². The second-order valence-corrected chi connectivity index (χ2v) is 6.83. The van der Waals surface area contributed by atoms with Gasteiger partial charge in [0, 0.05) is 0 Å². The molecule has 0 atom stereocenters. The molecule has 1 aromatic rings. The summed E-state index contributed by atoms with van der Waals surface area (Å²) < 4.78 is 11.7. The van der Waals surface area contributed by atoms with E-state index in [-0.39, 0.29) is 0 Å². The normalized spacial score (nSPS) is 18.7. The predicted octanol–water partition coefficient (Wildman–Crippen LogP) is 4.90. The van der Waals surface area contributed by atoms with Gasteiger partial charge in [-0.25, -0.2) is 0 Å². The number of fused-ring (bicyclic) bond motifs is 1. The van der Waals surface area contributed by atoms with Crippen molar-refractivity contribution < 1.29 is 7.06 Å². The molecule has 1 heterocycles. The molecular formula is C20H18GaN2O2. The van der Waals surface area contributed by atoms with Crippen LogP contribution in [0, 0.1) is 0 Å². The maximum atomic E-state index is 5.96. The molecule has 4 nitrogen and oxygen atoms in total. The molecule has 1 aliphatic heterocycles. The summed E-state index contributed by atoms with van der Waals surface area (Å²) in [5, 5.41) is 0. The Kier molecular flexibility index (Phi) is 5.93. The molecule has 0 spiro atoms. The zero-order valence-corrected chi connectivity index (χ0v) is 16.3. The molecule has 123 valence electrons. The van der Waals surface area contributed by atoms with Crippen LogP contribution < -0.4 is 0 Å². The number of rotatable bonds is 1. The van der Waals surface area contributed by atoms with Gasteiger partial charge in [0.2, 0.25) is 0 Å². The van der Waals surface area contributed by atoms with E-state index in [9.17, 15) is 0 Å². The third-order valence-electron chi connectivity index (χ3n) is 3.72. The Morgan fingerprint density at radius 3 is 2.60 bits per heavy atom. The predicted molar refractivity (Wildman–Crippen MR) is 103 cm³/mol. The van der Waals surface area contributed by atoms with Gasteiger partial charge < -0.3 is 0 Å². The van der Waals surface area contributed by atoms with Gasteiger partial charge in [0.15, 0.2) is 0 Å². The molecule has 1 aliphatic carbocycles. The third-order valence-corrected chi connectivity index (χ3v) is 5.32. The van der Waals surface area contributed by atoms with Crippen LogP contribution in [0.4, 0.5) is 11.4 Å². The van der Waals surface area contributed by atoms with Crippen molar-refractivity contribution in [2.75, 3.05) is 0 Å². The number of benzene rings is 1. The molecule has 0 aromatic heterocycles. The van der Waals surface area contributed by atoms with Crippen molar-refractivity contribution in [1.29, 1.82) is 0 Å². The summed E-state index contributed by atoms with van der Waals surface area (Å²) in [7, 11) is 0. The second kappa shape index (κ2) is 8.55. The van der Waals surface area contributed by atoms with E-state index in [4.69, 9.17) is 7.06 Å². The molecule has 1 aromatic carbocycles. The van der Waals surface area contributed by atoms with Crippen molar-refractivity contribution in [3.05, 3.63) is 84.4 Å². The van der Waals surface area contributed by atoms with E-state index in [0.29, 0.717) is 5.76 Å². The number of hydrogen-bond donors (Lipinski definition) is 0. The first-order valence-electron chi connectivity index (χ1n) is 8.02. The summed E-state index contributed by atoms with van der Waals surface area (Å²) in [6.07, 6.45) is 13.1. The van der Waals surface area contributed by atoms with Crippen molar-refractivity contribution in [3.63, 3.8) is 0 Å². The number of nitrogens with zero attached hydrogens (tertiary/aromatic N) is 2. The Balaban J connectivity index is 2.04. The van der Waals surface area contributed by atoms with Crippen molar-refractivity contribution in [2.45, 2.75) is 12.8 Å². The molecule has 1 radical (unpaired) electrons. The fourth-order valence-electron chi connectivity index (χ4n) is 2.41. The number of hydrogen-bond acceptors (Lipinski definition) is 4. The minimum atomic E-state index is -1.41. The van der Waals surface area contributed by atoms with E-state index in [1.54, 1.807) is 12.3 Å². The molecule has 0 bridgehead atoms. The van der Waals surface area contributed by atoms with Crippen LogP contribution in [0.5, 0.6) is 0 Å². The zero-order valence-electron chi connectivity index (χ0n) is 13.9. The van der Waals surface area contributed by atoms with Crippen LogP contribution in [0.25, 0.3) is 0 Å². The SMILES string of the molecule is C=C/C=C1/C=Nc2ccccc2N=CC2=C(CCC=C2)[O][Ga][O]C1=C. The van der Waals surface area contributed by atoms with Gasteiger partial charge in [-0.15, -0.1) is 0 Å². The Morgan fingerprint density at radius 2 is 1.84 bits per heavy atom. The van der Waals surface area contributed by atoms with E-state index in [1.807, 2.05) is 42.6 Å². The van der Waals surface area contributed by atoms with Gasteiger partial charge in [0.25, 0.3) is 0 Å². The fraction of sp³-hybridized carbons (Fsp3) is 0.100. The zero-order chi connectivity index (χ0) is 17.5. The van der Waals surface area contributed by atoms with Crippen LogP contribution in [0.2, 0.25) is 0 Å². The molecule has 3 rings (SSSR count). The summed E-state index contributed by atoms with van der Waals surface area (Å²) in [5.41, 5.74) is 3.33. The monoisotopic (exact) mass is 387 g/mol. The molecule has 0 amide bonds. The van der Waals surface area contributed by atoms with E-state index in [1.165, 1.54) is 0 Å². The molecule has 0 fully saturated rings. The molecular weight excluding hydrogens is 370 g/mol. The Morgan fingerprint density at radius 1 is 1.08 bits per heavy atom. The standard InChI is InChI=1S/C20H20N2O2.Ga/c1-3-8-16(15(2)23)13-21-18-10-5-6-11-19(18)22-14-17-9-4-7-12-20(17)24;/h3-6,8-11,13-14,23-24H,1-2,7,12H2;/q;+2/p-2/b16-8-,21-13?,22-14?;. The molecule has 25 heavy (non-hydrogen) atoms. The van der Waals surface area contributed by atoms with Crippen LogP contribution in [0.3, 0.4) is 0 Å². The maximum absolute atomic E-state index is 5.96. The average Bonchev–Trinajstić information content (AvgIpc) is 2.65. The number of allylic oxidation sites excluding steroid dienone is 7. The molecule has 2 aliphatic rings. The van der Waals surface area contributed by atoms with Gasteiger partial charge >= 0.3 is 156 Å². The van der Waals surface area contributed by atoms with Gasteiger partial charge in [-0.05, 0) is 0 Å². The minimum absolute atomic E-state index is 0.551. The van der Waals surface area contributed by atoms with Crippen LogP contribution >= 0.6 is 0 Å². The summed E-state index contributed by atoms with van der Waals surface area (Å²) >= 11 is -1.41. The Bertz CT molecular complexity index is 832. The Hall–Kier alpha value is -2.50. The van der Waals surface area contributed by atoms with Gasteiger partial charge in [-0.1, -0.05) is 0 Å². The topological polar surface area (TPSA) is 43.2 Å². The first-order chi connectivity index (χ1) is 12.3. The van der Waals surface area contributed by atoms with Crippen molar-refractivity contribution in [1.82, 2.24) is 0 Å². The molecule has 0 unspecified atom stereocenters. The van der Waals surface area contributed by atoms with E-state index in [2.05, 4.69) is 29.2 Å². The Labute approximate surface area is 156 Å². The van der Waals surface area contributed by atoms with Crippen molar-refractivity contribution in [2.24, 2.45) is 9.98 Å². The van der Waals surface area contributed by atoms with E-state index < -0.39 is 18.1 Å². The van der Waals surface area contributed by atoms with E-state index >= 15 is 0 Å². The van der Waals surface area contributed by atoms with Gasteiger partial charge in [-0.3, -0.25) is 0 Å². The van der Waals surface area contributed by atoms with E-state index in [0.717, 1.165) is 41.1 Å². The van der Waals surface area contributed by atoms with Crippen LogP contribution in [0.15, 0.2) is 94.4 Å². The number of aliphatic imine (C=N–C) groups is 2. The first-order valence-corrected chi connectivity index (χ1v) is 9.99. The molecule has 0 N–H and O–H groups in total. The van der Waals surface area contributed by atoms with Gasteiger partial charge in [-0.2, -0.15) is 0 Å². The molecule has 0 saturated heterocycles. The van der Waals surface area contributed by atoms with Crippen molar-refractivity contribution >= 4 is 41.9 Å². The first kappa shape index (κ1) is 17.3. The number of para-hydroxylation sites is 2. The van der Waals surface area contributed by atoms with Crippen LogP contribution in [0.1, 0.15) is 12.8 Å². The van der Waals surface area contributed by atoms with Crippen LogP contribution in [-0.4, -0.2) is 30.6 Å². The summed E-state index contributed by atoms with van der Waals surface area (Å²) in [6.45, 7) is 7.73. The summed E-state index contributed by atoms with van der Waals surface area (Å²) in [5.74, 6) is 1.49. The molecule has 5 heteroatoms. The van der Waals surface area contributed by atoms with Crippen LogP contribution in [-0.2, 0) is 7.06 Å². The quantitative estimate of drug-likeness (QED) is 0.643. The fourth-order valence-corrected chi connectivity index (χ4v) is 3.81. The third kappa shape index (κ3) is 4.52. The summed E-state index contributed by atoms with van der Waals surface area (Å²) in [6, 6.07) is 7.75. The average molecular weight is 388 g/mol. The summed E-state index contributed by atoms with van der Waals surface area (Å²) in [4.78, 5) is 9.16. The second-order valence-electron chi connectivity index (χ2n) is 5.44. The molecule has 0 saturated carbocycles. The van der Waals surface area contributed by atoms with Gasteiger partial charge in [0.1, 0.15) is 0 Å².